The lowest BCUT2D eigenvalue weighted by molar-refractivity contribution is 0.0951. The van der Waals surface area contributed by atoms with Crippen LogP contribution in [0.25, 0.3) is 0 Å². The number of aliphatic hydroxyl groups excluding tert-OH is 1. The Morgan fingerprint density at radius 3 is 2.83 bits per heavy atom. The molecule has 2 N–H and O–H groups in total. The molecule has 0 bridgehead atoms. The summed E-state index contributed by atoms with van der Waals surface area (Å²) in [6.45, 7) is 4.47. The van der Waals surface area contributed by atoms with Gasteiger partial charge in [-0.3, -0.25) is 9.59 Å². The fourth-order valence-corrected chi connectivity index (χ4v) is 1.57. The molecule has 0 radical (unpaired) electrons. The van der Waals surface area contributed by atoms with Gasteiger partial charge in [-0.15, -0.1) is 0 Å². The minimum atomic E-state index is -0.624. The summed E-state index contributed by atoms with van der Waals surface area (Å²) < 4.78 is 1.35. The summed E-state index contributed by atoms with van der Waals surface area (Å²) in [6.07, 6.45) is 2.80. The van der Waals surface area contributed by atoms with E-state index in [4.69, 9.17) is 0 Å². The average molecular weight is 252 g/mol. The van der Waals surface area contributed by atoms with Crippen LogP contribution in [0.15, 0.2) is 23.1 Å². The number of rotatable bonds is 6. The van der Waals surface area contributed by atoms with Gasteiger partial charge >= 0.3 is 0 Å². The van der Waals surface area contributed by atoms with Crippen LogP contribution in [-0.2, 0) is 6.54 Å². The van der Waals surface area contributed by atoms with E-state index < -0.39 is 6.10 Å². The zero-order valence-corrected chi connectivity index (χ0v) is 10.8. The molecule has 5 heteroatoms. The van der Waals surface area contributed by atoms with E-state index in [1.165, 1.54) is 22.9 Å². The first kappa shape index (κ1) is 14.4. The second-order valence-corrected chi connectivity index (χ2v) is 4.37. The number of hydrogen-bond acceptors (Lipinski definition) is 3. The van der Waals surface area contributed by atoms with Gasteiger partial charge in [0, 0.05) is 18.8 Å². The van der Waals surface area contributed by atoms with Gasteiger partial charge < -0.3 is 15.0 Å². The molecular weight excluding hydrogens is 232 g/mol. The first-order chi connectivity index (χ1) is 8.54. The number of pyridine rings is 1. The molecular formula is C13H20N2O3. The van der Waals surface area contributed by atoms with Gasteiger partial charge in [0.1, 0.15) is 0 Å². The Hall–Kier alpha value is -1.62. The summed E-state index contributed by atoms with van der Waals surface area (Å²) in [7, 11) is 0. The lowest BCUT2D eigenvalue weighted by atomic mass is 10.2. The van der Waals surface area contributed by atoms with Gasteiger partial charge in [0.25, 0.3) is 11.5 Å². The average Bonchev–Trinajstić information content (AvgIpc) is 2.31. The third-order valence-corrected chi connectivity index (χ3v) is 2.52. The van der Waals surface area contributed by atoms with Crippen molar-refractivity contribution in [3.05, 3.63) is 34.2 Å². The molecule has 0 spiro atoms. The van der Waals surface area contributed by atoms with E-state index in [1.54, 1.807) is 6.92 Å². The summed E-state index contributed by atoms with van der Waals surface area (Å²) in [5, 5.41) is 12.1. The normalized spacial score (nSPS) is 12.2. The molecule has 1 aromatic heterocycles. The molecule has 1 heterocycles. The number of nitrogens with one attached hydrogen (secondary N) is 1. The van der Waals surface area contributed by atoms with Crippen molar-refractivity contribution < 1.29 is 9.90 Å². The van der Waals surface area contributed by atoms with Crippen LogP contribution in [0.1, 0.15) is 37.0 Å². The molecule has 0 aliphatic carbocycles. The van der Waals surface area contributed by atoms with Crippen molar-refractivity contribution in [1.82, 2.24) is 9.88 Å². The highest BCUT2D eigenvalue weighted by Gasteiger charge is 2.08. The smallest absolute Gasteiger partial charge is 0.252 e. The molecule has 0 aromatic carbocycles. The van der Waals surface area contributed by atoms with E-state index >= 15 is 0 Å². The number of unbranched alkanes of at least 4 members (excludes halogenated alkanes) is 1. The summed E-state index contributed by atoms with van der Waals surface area (Å²) in [4.78, 5) is 23.3. The van der Waals surface area contributed by atoms with E-state index in [2.05, 4.69) is 12.2 Å². The van der Waals surface area contributed by atoms with E-state index in [9.17, 15) is 14.7 Å². The zero-order chi connectivity index (χ0) is 13.5. The Kier molecular flexibility index (Phi) is 5.58. The van der Waals surface area contributed by atoms with Crippen molar-refractivity contribution in [2.45, 2.75) is 39.3 Å². The molecule has 0 aliphatic rings. The van der Waals surface area contributed by atoms with Gasteiger partial charge in [-0.25, -0.2) is 0 Å². The maximum absolute atomic E-state index is 11.8. The maximum Gasteiger partial charge on any atom is 0.252 e. The van der Waals surface area contributed by atoms with Gasteiger partial charge in [0.05, 0.1) is 18.2 Å². The Morgan fingerprint density at radius 1 is 1.50 bits per heavy atom. The first-order valence-electron chi connectivity index (χ1n) is 6.21. The summed E-state index contributed by atoms with van der Waals surface area (Å²) in [5.41, 5.74) is 0.215. The second kappa shape index (κ2) is 6.96. The highest BCUT2D eigenvalue weighted by atomic mass is 16.3. The number of carbonyl (C=O) groups is 1. The molecule has 18 heavy (non-hydrogen) atoms. The molecule has 0 aliphatic heterocycles. The van der Waals surface area contributed by atoms with Crippen LogP contribution in [0.2, 0.25) is 0 Å². The summed E-state index contributed by atoms with van der Waals surface area (Å²) in [6, 6.07) is 2.85. The van der Waals surface area contributed by atoms with Crippen LogP contribution in [0.5, 0.6) is 0 Å². The molecule has 1 unspecified atom stereocenters. The van der Waals surface area contributed by atoms with Crippen LogP contribution in [0.4, 0.5) is 0 Å². The van der Waals surface area contributed by atoms with Crippen molar-refractivity contribution >= 4 is 5.91 Å². The highest BCUT2D eigenvalue weighted by molar-refractivity contribution is 5.93. The van der Waals surface area contributed by atoms with E-state index in [1.807, 2.05) is 0 Å². The fourth-order valence-electron chi connectivity index (χ4n) is 1.57. The van der Waals surface area contributed by atoms with E-state index in [0.717, 1.165) is 12.8 Å². The number of carbonyl (C=O) groups excluding carboxylic acids is 1. The van der Waals surface area contributed by atoms with Crippen LogP contribution in [0, 0.1) is 0 Å². The fraction of sp³-hybridized carbons (Fsp3) is 0.538. The van der Waals surface area contributed by atoms with Crippen molar-refractivity contribution in [3.63, 3.8) is 0 Å². The standard InChI is InChI=1S/C13H20N2O3/c1-3-4-7-14-13(18)11-5-6-12(17)15(9-11)8-10(2)16/h5-6,9-10,16H,3-4,7-8H2,1-2H3,(H,14,18). The van der Waals surface area contributed by atoms with Gasteiger partial charge in [0.2, 0.25) is 0 Å². The van der Waals surface area contributed by atoms with Crippen LogP contribution in [-0.4, -0.2) is 28.2 Å². The molecule has 1 aromatic rings. The van der Waals surface area contributed by atoms with Crippen molar-refractivity contribution in [3.8, 4) is 0 Å². The maximum atomic E-state index is 11.8. The van der Waals surface area contributed by atoms with E-state index in [0.29, 0.717) is 12.1 Å². The zero-order valence-electron chi connectivity index (χ0n) is 10.8. The molecule has 100 valence electrons. The Bertz CT molecular complexity index is 452. The largest absolute Gasteiger partial charge is 0.392 e. The van der Waals surface area contributed by atoms with Gasteiger partial charge in [0.15, 0.2) is 0 Å². The third-order valence-electron chi connectivity index (χ3n) is 2.52. The summed E-state index contributed by atoms with van der Waals surface area (Å²) in [5.74, 6) is -0.192. The number of amides is 1. The SMILES string of the molecule is CCCCNC(=O)c1ccc(=O)n(CC(C)O)c1. The topological polar surface area (TPSA) is 71.3 Å². The van der Waals surface area contributed by atoms with Crippen LogP contribution < -0.4 is 10.9 Å². The van der Waals surface area contributed by atoms with Crippen LogP contribution in [0.3, 0.4) is 0 Å². The first-order valence-corrected chi connectivity index (χ1v) is 6.21. The molecule has 0 saturated heterocycles. The molecule has 0 saturated carbocycles. The number of aromatic nitrogens is 1. The van der Waals surface area contributed by atoms with Crippen molar-refractivity contribution in [2.24, 2.45) is 0 Å². The van der Waals surface area contributed by atoms with Crippen LogP contribution >= 0.6 is 0 Å². The quantitative estimate of drug-likeness (QED) is 0.734. The number of nitrogens with zero attached hydrogens (tertiary/aromatic N) is 1. The highest BCUT2D eigenvalue weighted by Crippen LogP contribution is 1.98. The molecule has 1 rings (SSSR count). The lowest BCUT2D eigenvalue weighted by Gasteiger charge is -2.10. The minimum Gasteiger partial charge on any atom is -0.392 e. The second-order valence-electron chi connectivity index (χ2n) is 4.37. The van der Waals surface area contributed by atoms with Gasteiger partial charge in [-0.2, -0.15) is 0 Å². The molecule has 0 fully saturated rings. The predicted octanol–water partition coefficient (Wildman–Crippen LogP) is 0.759. The third kappa shape index (κ3) is 4.33. The Morgan fingerprint density at radius 2 is 2.22 bits per heavy atom. The minimum absolute atomic E-state index is 0.189. The monoisotopic (exact) mass is 252 g/mol. The van der Waals surface area contributed by atoms with Gasteiger partial charge in [-0.05, 0) is 19.4 Å². The van der Waals surface area contributed by atoms with Crippen molar-refractivity contribution in [2.75, 3.05) is 6.54 Å². The lowest BCUT2D eigenvalue weighted by Crippen LogP contribution is -2.29. The van der Waals surface area contributed by atoms with E-state index in [-0.39, 0.29) is 18.0 Å². The van der Waals surface area contributed by atoms with Gasteiger partial charge in [-0.1, -0.05) is 13.3 Å². The Labute approximate surface area is 106 Å². The molecule has 1 atom stereocenters. The number of aliphatic hydroxyl groups is 1. The van der Waals surface area contributed by atoms with Crippen molar-refractivity contribution in [1.29, 1.82) is 0 Å². The predicted molar refractivity (Wildman–Crippen MR) is 69.6 cm³/mol. The Balaban J connectivity index is 2.77. The molecule has 1 amide bonds. The summed E-state index contributed by atoms with van der Waals surface area (Å²) >= 11 is 0. The molecule has 5 nitrogen and oxygen atoms in total. The number of hydrogen-bond donors (Lipinski definition) is 2.